The molecule has 1 atom stereocenters. The van der Waals surface area contributed by atoms with Crippen molar-refractivity contribution in [2.45, 2.75) is 13.0 Å². The van der Waals surface area contributed by atoms with Gasteiger partial charge in [0, 0.05) is 12.3 Å². The van der Waals surface area contributed by atoms with E-state index in [-0.39, 0.29) is 11.8 Å². The van der Waals surface area contributed by atoms with Crippen LogP contribution in [0.15, 0.2) is 18.3 Å². The number of hydrogen-bond acceptors (Lipinski definition) is 5. The molecule has 5 nitrogen and oxygen atoms in total. The van der Waals surface area contributed by atoms with E-state index in [2.05, 4.69) is 10.3 Å². The van der Waals surface area contributed by atoms with Crippen molar-refractivity contribution in [3.8, 4) is 0 Å². The molecule has 0 saturated carbocycles. The van der Waals surface area contributed by atoms with Crippen LogP contribution in [0.4, 0.5) is 11.5 Å². The number of sulfone groups is 1. The maximum absolute atomic E-state index is 11.0. The Morgan fingerprint density at radius 3 is 2.67 bits per heavy atom. The van der Waals surface area contributed by atoms with Crippen LogP contribution in [-0.4, -0.2) is 31.5 Å². The lowest BCUT2D eigenvalue weighted by molar-refractivity contribution is 0.598. The van der Waals surface area contributed by atoms with Crippen LogP contribution in [0, 0.1) is 0 Å². The normalized spacial score (nSPS) is 13.5. The van der Waals surface area contributed by atoms with E-state index in [4.69, 9.17) is 5.73 Å². The summed E-state index contributed by atoms with van der Waals surface area (Å²) in [5.41, 5.74) is 6.05. The van der Waals surface area contributed by atoms with E-state index < -0.39 is 9.84 Å². The molecule has 1 rings (SSSR count). The fourth-order valence-corrected chi connectivity index (χ4v) is 2.23. The van der Waals surface area contributed by atoms with E-state index in [1.807, 2.05) is 0 Å². The van der Waals surface area contributed by atoms with Gasteiger partial charge >= 0.3 is 0 Å². The summed E-state index contributed by atoms with van der Waals surface area (Å²) in [7, 11) is -2.97. The molecule has 6 heteroatoms. The molecule has 0 radical (unpaired) electrons. The first kappa shape index (κ1) is 11.8. The van der Waals surface area contributed by atoms with Gasteiger partial charge in [-0.3, -0.25) is 0 Å². The highest BCUT2D eigenvalue weighted by molar-refractivity contribution is 7.90. The van der Waals surface area contributed by atoms with Crippen molar-refractivity contribution in [1.29, 1.82) is 0 Å². The van der Waals surface area contributed by atoms with Crippen LogP contribution in [0.1, 0.15) is 6.92 Å². The van der Waals surface area contributed by atoms with Crippen molar-refractivity contribution in [1.82, 2.24) is 4.98 Å². The minimum atomic E-state index is -2.97. The van der Waals surface area contributed by atoms with Crippen molar-refractivity contribution in [2.24, 2.45) is 0 Å². The molecule has 0 fully saturated rings. The van der Waals surface area contributed by atoms with Gasteiger partial charge in [0.05, 0.1) is 17.6 Å². The van der Waals surface area contributed by atoms with Gasteiger partial charge in [0.25, 0.3) is 0 Å². The van der Waals surface area contributed by atoms with E-state index in [0.29, 0.717) is 11.5 Å². The van der Waals surface area contributed by atoms with Crippen LogP contribution < -0.4 is 11.1 Å². The molecule has 0 aliphatic rings. The summed E-state index contributed by atoms with van der Waals surface area (Å²) in [6.07, 6.45) is 2.73. The highest BCUT2D eigenvalue weighted by atomic mass is 32.2. The highest BCUT2D eigenvalue weighted by Gasteiger charge is 2.10. The van der Waals surface area contributed by atoms with Gasteiger partial charge in [0.2, 0.25) is 0 Å². The summed E-state index contributed by atoms with van der Waals surface area (Å²) < 4.78 is 22.0. The molecule has 15 heavy (non-hydrogen) atoms. The molecular formula is C9H15N3O2S. The molecule has 0 amide bonds. The Kier molecular flexibility index (Phi) is 3.52. The number of nitrogens with zero attached hydrogens (tertiary/aromatic N) is 1. The van der Waals surface area contributed by atoms with Crippen molar-refractivity contribution in [3.63, 3.8) is 0 Å². The number of anilines is 2. The van der Waals surface area contributed by atoms with Gasteiger partial charge in [-0.15, -0.1) is 0 Å². The number of nitrogen functional groups attached to an aromatic ring is 1. The van der Waals surface area contributed by atoms with Crippen molar-refractivity contribution >= 4 is 21.3 Å². The van der Waals surface area contributed by atoms with Crippen molar-refractivity contribution in [3.05, 3.63) is 18.3 Å². The third-order valence-electron chi connectivity index (χ3n) is 1.73. The Bertz CT molecular complexity index is 413. The first-order valence-corrected chi connectivity index (χ1v) is 6.58. The van der Waals surface area contributed by atoms with Crippen molar-refractivity contribution in [2.75, 3.05) is 23.1 Å². The lowest BCUT2D eigenvalue weighted by Gasteiger charge is -2.13. The number of aromatic nitrogens is 1. The monoisotopic (exact) mass is 229 g/mol. The molecule has 1 unspecified atom stereocenters. The second kappa shape index (κ2) is 4.48. The van der Waals surface area contributed by atoms with E-state index in [0.717, 1.165) is 0 Å². The van der Waals surface area contributed by atoms with Gasteiger partial charge < -0.3 is 11.1 Å². The van der Waals surface area contributed by atoms with Crippen LogP contribution in [0.3, 0.4) is 0 Å². The van der Waals surface area contributed by atoms with Crippen molar-refractivity contribution < 1.29 is 8.42 Å². The first-order valence-electron chi connectivity index (χ1n) is 4.52. The third-order valence-corrected chi connectivity index (χ3v) is 2.84. The van der Waals surface area contributed by atoms with Gasteiger partial charge in [0.1, 0.15) is 15.7 Å². The van der Waals surface area contributed by atoms with Crippen LogP contribution in [0.5, 0.6) is 0 Å². The number of rotatable bonds is 4. The molecule has 3 N–H and O–H groups in total. The Balaban J connectivity index is 2.59. The molecule has 0 aliphatic carbocycles. The second-order valence-corrected chi connectivity index (χ2v) is 5.80. The zero-order chi connectivity index (χ0) is 11.5. The van der Waals surface area contributed by atoms with E-state index in [1.165, 1.54) is 12.5 Å². The lowest BCUT2D eigenvalue weighted by Crippen LogP contribution is -2.25. The number of pyridine rings is 1. The number of hydrogen-bond donors (Lipinski definition) is 2. The average Bonchev–Trinajstić information content (AvgIpc) is 2.05. The molecule has 84 valence electrons. The highest BCUT2D eigenvalue weighted by Crippen LogP contribution is 2.07. The molecule has 1 heterocycles. The fraction of sp³-hybridized carbons (Fsp3) is 0.444. The number of nitrogens with one attached hydrogen (secondary N) is 1. The first-order chi connectivity index (χ1) is 6.87. The Hall–Kier alpha value is -1.30. The molecule has 0 saturated heterocycles. The van der Waals surface area contributed by atoms with Gasteiger partial charge in [0.15, 0.2) is 0 Å². The predicted octanol–water partition coefficient (Wildman–Crippen LogP) is 0.509. The zero-order valence-electron chi connectivity index (χ0n) is 8.77. The van der Waals surface area contributed by atoms with Crippen LogP contribution in [0.2, 0.25) is 0 Å². The van der Waals surface area contributed by atoms with E-state index in [9.17, 15) is 8.42 Å². The molecule has 0 aromatic carbocycles. The minimum Gasteiger partial charge on any atom is -0.397 e. The van der Waals surface area contributed by atoms with Gasteiger partial charge in [-0.05, 0) is 19.1 Å². The quantitative estimate of drug-likeness (QED) is 0.785. The molecular weight excluding hydrogens is 214 g/mol. The maximum atomic E-state index is 11.0. The molecule has 0 aliphatic heterocycles. The Morgan fingerprint density at radius 2 is 2.20 bits per heavy atom. The van der Waals surface area contributed by atoms with E-state index in [1.54, 1.807) is 19.1 Å². The largest absolute Gasteiger partial charge is 0.397 e. The standard InChI is InChI=1S/C9H15N3O2S/c1-7(6-15(2,13)14)12-9-4-3-8(10)5-11-9/h3-5,7H,6,10H2,1-2H3,(H,11,12). The lowest BCUT2D eigenvalue weighted by atomic mass is 10.3. The molecule has 1 aromatic heterocycles. The molecule has 1 aromatic rings. The average molecular weight is 229 g/mol. The summed E-state index contributed by atoms with van der Waals surface area (Å²) >= 11 is 0. The van der Waals surface area contributed by atoms with Crippen LogP contribution >= 0.6 is 0 Å². The van der Waals surface area contributed by atoms with Crippen LogP contribution in [0.25, 0.3) is 0 Å². The summed E-state index contributed by atoms with van der Waals surface area (Å²) in [6.45, 7) is 1.79. The van der Waals surface area contributed by atoms with Crippen LogP contribution in [-0.2, 0) is 9.84 Å². The van der Waals surface area contributed by atoms with Gasteiger partial charge in [-0.2, -0.15) is 0 Å². The minimum absolute atomic E-state index is 0.0824. The fourth-order valence-electron chi connectivity index (χ4n) is 1.24. The molecule has 0 bridgehead atoms. The summed E-state index contributed by atoms with van der Waals surface area (Å²) in [4.78, 5) is 4.02. The zero-order valence-corrected chi connectivity index (χ0v) is 9.58. The number of nitrogens with two attached hydrogens (primary N) is 1. The SMILES string of the molecule is CC(CS(C)(=O)=O)Nc1ccc(N)cn1. The van der Waals surface area contributed by atoms with E-state index >= 15 is 0 Å². The predicted molar refractivity (Wildman–Crippen MR) is 61.4 cm³/mol. The summed E-state index contributed by atoms with van der Waals surface area (Å²) in [6, 6.07) is 3.26. The third kappa shape index (κ3) is 4.64. The molecule has 0 spiro atoms. The summed E-state index contributed by atoms with van der Waals surface area (Å²) in [5.74, 6) is 0.708. The van der Waals surface area contributed by atoms with Gasteiger partial charge in [-0.1, -0.05) is 0 Å². The Labute approximate surface area is 89.6 Å². The topological polar surface area (TPSA) is 85.1 Å². The summed E-state index contributed by atoms with van der Waals surface area (Å²) in [5, 5.41) is 2.98. The smallest absolute Gasteiger partial charge is 0.149 e. The Morgan fingerprint density at radius 1 is 1.53 bits per heavy atom. The maximum Gasteiger partial charge on any atom is 0.149 e. The second-order valence-electron chi connectivity index (χ2n) is 3.61. The van der Waals surface area contributed by atoms with Gasteiger partial charge in [-0.25, -0.2) is 13.4 Å².